The molecule has 3 rings (SSSR count). The van der Waals surface area contributed by atoms with Crippen LogP contribution in [0.2, 0.25) is 0 Å². The van der Waals surface area contributed by atoms with E-state index in [1.54, 1.807) is 6.33 Å². The Kier molecular flexibility index (Phi) is 1.50. The van der Waals surface area contributed by atoms with Crippen LogP contribution in [0.25, 0.3) is 11.0 Å². The number of nitrogen functional groups attached to an aromatic ring is 1. The summed E-state index contributed by atoms with van der Waals surface area (Å²) in [6, 6.07) is 2.13. The predicted octanol–water partition coefficient (Wildman–Crippen LogP) is 1.35. The number of hydrogen-bond acceptors (Lipinski definition) is 3. The van der Waals surface area contributed by atoms with Crippen molar-refractivity contribution < 1.29 is 0 Å². The van der Waals surface area contributed by atoms with Crippen LogP contribution in [0.3, 0.4) is 0 Å². The second-order valence-corrected chi connectivity index (χ2v) is 3.74. The predicted molar refractivity (Wildman–Crippen MR) is 54.9 cm³/mol. The van der Waals surface area contributed by atoms with E-state index in [4.69, 9.17) is 5.73 Å². The molecular formula is C10H12N4. The van der Waals surface area contributed by atoms with Gasteiger partial charge < -0.3 is 10.3 Å². The first-order valence-corrected chi connectivity index (χ1v) is 4.95. The average Bonchev–Trinajstić information content (AvgIpc) is 2.59. The summed E-state index contributed by atoms with van der Waals surface area (Å²) in [5, 5.41) is 1.00. The van der Waals surface area contributed by atoms with Crippen molar-refractivity contribution in [3.8, 4) is 0 Å². The molecule has 0 saturated heterocycles. The van der Waals surface area contributed by atoms with Crippen LogP contribution in [0.1, 0.15) is 18.5 Å². The Morgan fingerprint density at radius 2 is 2.21 bits per heavy atom. The number of hydrogen-bond donors (Lipinski definition) is 1. The maximum atomic E-state index is 5.80. The van der Waals surface area contributed by atoms with E-state index in [0.717, 1.165) is 24.0 Å². The molecule has 4 heteroatoms. The summed E-state index contributed by atoms with van der Waals surface area (Å²) in [7, 11) is 0. The topological polar surface area (TPSA) is 56.7 Å². The summed E-state index contributed by atoms with van der Waals surface area (Å²) in [5.74, 6) is 0.594. The van der Waals surface area contributed by atoms with Gasteiger partial charge >= 0.3 is 0 Å². The van der Waals surface area contributed by atoms with Crippen LogP contribution in [-0.2, 0) is 13.0 Å². The molecule has 0 radical (unpaired) electrons. The maximum Gasteiger partial charge on any atom is 0.145 e. The molecule has 0 aromatic carbocycles. The number of aromatic nitrogens is 3. The molecule has 2 aromatic rings. The fraction of sp³-hybridized carbons (Fsp3) is 0.400. The van der Waals surface area contributed by atoms with E-state index in [2.05, 4.69) is 20.6 Å². The van der Waals surface area contributed by atoms with E-state index in [-0.39, 0.29) is 0 Å². The number of anilines is 1. The van der Waals surface area contributed by atoms with Crippen molar-refractivity contribution in [1.29, 1.82) is 0 Å². The lowest BCUT2D eigenvalue weighted by molar-refractivity contribution is 0.542. The Bertz CT molecular complexity index is 486. The lowest BCUT2D eigenvalue weighted by Gasteiger charge is -2.14. The average molecular weight is 188 g/mol. The van der Waals surface area contributed by atoms with E-state index < -0.39 is 0 Å². The third-order valence-corrected chi connectivity index (χ3v) is 2.87. The van der Waals surface area contributed by atoms with Gasteiger partial charge in [0, 0.05) is 12.2 Å². The SMILES string of the molecule is Nc1ncnc2c1cc1n2CCCC1. The number of fused-ring (bicyclic) bond motifs is 3. The maximum absolute atomic E-state index is 5.80. The van der Waals surface area contributed by atoms with Gasteiger partial charge in [0.1, 0.15) is 17.8 Å². The lowest BCUT2D eigenvalue weighted by Crippen LogP contribution is -2.09. The van der Waals surface area contributed by atoms with Gasteiger partial charge in [-0.15, -0.1) is 0 Å². The minimum atomic E-state index is 0.594. The van der Waals surface area contributed by atoms with Crippen LogP contribution in [0, 0.1) is 0 Å². The van der Waals surface area contributed by atoms with Crippen LogP contribution >= 0.6 is 0 Å². The van der Waals surface area contributed by atoms with Crippen molar-refractivity contribution in [2.75, 3.05) is 5.73 Å². The molecule has 0 unspecified atom stereocenters. The first-order valence-electron chi connectivity index (χ1n) is 4.95. The monoisotopic (exact) mass is 188 g/mol. The first-order chi connectivity index (χ1) is 6.86. The van der Waals surface area contributed by atoms with Gasteiger partial charge in [0.2, 0.25) is 0 Å². The molecule has 1 aliphatic rings. The summed E-state index contributed by atoms with van der Waals surface area (Å²) >= 11 is 0. The van der Waals surface area contributed by atoms with E-state index in [1.807, 2.05) is 0 Å². The molecule has 0 amide bonds. The zero-order valence-electron chi connectivity index (χ0n) is 7.90. The fourth-order valence-corrected chi connectivity index (χ4v) is 2.17. The Hall–Kier alpha value is -1.58. The van der Waals surface area contributed by atoms with Gasteiger partial charge in [-0.1, -0.05) is 0 Å². The quantitative estimate of drug-likeness (QED) is 0.679. The zero-order chi connectivity index (χ0) is 9.54. The van der Waals surface area contributed by atoms with E-state index >= 15 is 0 Å². The molecule has 0 atom stereocenters. The summed E-state index contributed by atoms with van der Waals surface area (Å²) < 4.78 is 2.26. The standard InChI is InChI=1S/C10H12N4/c11-9-8-5-7-3-1-2-4-14(7)10(8)13-6-12-9/h5-6H,1-4H2,(H2,11,12,13). The highest BCUT2D eigenvalue weighted by Gasteiger charge is 2.14. The van der Waals surface area contributed by atoms with Crippen molar-refractivity contribution in [1.82, 2.24) is 14.5 Å². The smallest absolute Gasteiger partial charge is 0.145 e. The van der Waals surface area contributed by atoms with Gasteiger partial charge in [-0.3, -0.25) is 0 Å². The van der Waals surface area contributed by atoms with E-state index in [1.165, 1.54) is 18.5 Å². The summed E-state index contributed by atoms with van der Waals surface area (Å²) in [4.78, 5) is 8.29. The van der Waals surface area contributed by atoms with Gasteiger partial charge in [0.05, 0.1) is 5.39 Å². The molecule has 0 aliphatic carbocycles. The van der Waals surface area contributed by atoms with Crippen LogP contribution in [0.4, 0.5) is 5.82 Å². The van der Waals surface area contributed by atoms with Crippen LogP contribution in [0.15, 0.2) is 12.4 Å². The van der Waals surface area contributed by atoms with Crippen molar-refractivity contribution in [2.45, 2.75) is 25.8 Å². The minimum Gasteiger partial charge on any atom is -0.383 e. The van der Waals surface area contributed by atoms with Crippen LogP contribution in [-0.4, -0.2) is 14.5 Å². The number of nitrogens with two attached hydrogens (primary N) is 1. The molecule has 0 bridgehead atoms. The second kappa shape index (κ2) is 2.70. The fourth-order valence-electron chi connectivity index (χ4n) is 2.17. The van der Waals surface area contributed by atoms with Crippen molar-refractivity contribution in [2.24, 2.45) is 0 Å². The summed E-state index contributed by atoms with van der Waals surface area (Å²) in [6.07, 6.45) is 5.18. The van der Waals surface area contributed by atoms with Crippen molar-refractivity contribution in [3.05, 3.63) is 18.1 Å². The molecule has 0 fully saturated rings. The van der Waals surface area contributed by atoms with Gasteiger partial charge in [-0.05, 0) is 25.3 Å². The molecular weight excluding hydrogens is 176 g/mol. The van der Waals surface area contributed by atoms with Crippen molar-refractivity contribution >= 4 is 16.9 Å². The molecule has 0 saturated carbocycles. The minimum absolute atomic E-state index is 0.594. The van der Waals surface area contributed by atoms with Gasteiger partial charge in [0.15, 0.2) is 0 Å². The Morgan fingerprint density at radius 1 is 1.29 bits per heavy atom. The molecule has 72 valence electrons. The highest BCUT2D eigenvalue weighted by molar-refractivity contribution is 5.87. The van der Waals surface area contributed by atoms with E-state index in [9.17, 15) is 0 Å². The van der Waals surface area contributed by atoms with Gasteiger partial charge in [-0.2, -0.15) is 0 Å². The summed E-state index contributed by atoms with van der Waals surface area (Å²) in [5.41, 5.74) is 8.14. The Balaban J connectivity index is 2.36. The largest absolute Gasteiger partial charge is 0.383 e. The molecule has 3 heterocycles. The lowest BCUT2D eigenvalue weighted by atomic mass is 10.1. The third-order valence-electron chi connectivity index (χ3n) is 2.87. The highest BCUT2D eigenvalue weighted by Crippen LogP contribution is 2.25. The number of rotatable bonds is 0. The molecule has 14 heavy (non-hydrogen) atoms. The van der Waals surface area contributed by atoms with Crippen molar-refractivity contribution in [3.63, 3.8) is 0 Å². The highest BCUT2D eigenvalue weighted by atomic mass is 15.1. The second-order valence-electron chi connectivity index (χ2n) is 3.74. The normalized spacial score (nSPS) is 15.7. The molecule has 2 aromatic heterocycles. The van der Waals surface area contributed by atoms with E-state index in [0.29, 0.717) is 5.82 Å². The molecule has 2 N–H and O–H groups in total. The van der Waals surface area contributed by atoms with Gasteiger partial charge in [0.25, 0.3) is 0 Å². The molecule has 4 nitrogen and oxygen atoms in total. The number of nitrogens with zero attached hydrogens (tertiary/aromatic N) is 3. The number of aryl methyl sites for hydroxylation is 2. The third kappa shape index (κ3) is 0.937. The Labute approximate surface area is 81.8 Å². The van der Waals surface area contributed by atoms with Crippen LogP contribution < -0.4 is 5.73 Å². The molecule has 1 aliphatic heterocycles. The zero-order valence-corrected chi connectivity index (χ0v) is 7.90. The first kappa shape index (κ1) is 7.79. The van der Waals surface area contributed by atoms with Crippen LogP contribution in [0.5, 0.6) is 0 Å². The summed E-state index contributed by atoms with van der Waals surface area (Å²) in [6.45, 7) is 1.06. The molecule has 0 spiro atoms. The Morgan fingerprint density at radius 3 is 3.14 bits per heavy atom. The van der Waals surface area contributed by atoms with Gasteiger partial charge in [-0.25, -0.2) is 9.97 Å².